The number of hydrogen-bond acceptors (Lipinski definition) is 2. The fourth-order valence-corrected chi connectivity index (χ4v) is 6.23. The molecule has 2 rings (SSSR count). The smallest absolute Gasteiger partial charge is 0.0656 e. The first-order valence-corrected chi connectivity index (χ1v) is 9.89. The number of allylic oxidation sites excluding steroid dienone is 2. The Labute approximate surface area is 126 Å². The summed E-state index contributed by atoms with van der Waals surface area (Å²) in [4.78, 5) is 0. The Morgan fingerprint density at radius 3 is 2.45 bits per heavy atom. The maximum Gasteiger partial charge on any atom is 0.0656 e. The second-order valence-corrected chi connectivity index (χ2v) is 10.0. The van der Waals surface area contributed by atoms with E-state index < -0.39 is 10.2 Å². The van der Waals surface area contributed by atoms with Crippen molar-refractivity contribution in [1.29, 1.82) is 0 Å². The highest BCUT2D eigenvalue weighted by Gasteiger charge is 2.31. The van der Waals surface area contributed by atoms with Crippen LogP contribution in [0.1, 0.15) is 46.0 Å². The number of nitrogens with zero attached hydrogens (tertiary/aromatic N) is 1. The topological polar surface area (TPSA) is 23.5 Å². The van der Waals surface area contributed by atoms with Crippen molar-refractivity contribution in [2.45, 2.75) is 52.1 Å². The van der Waals surface area contributed by atoms with E-state index >= 15 is 0 Å². The van der Waals surface area contributed by atoms with Crippen LogP contribution in [0.25, 0.3) is 0 Å². The molecule has 0 aromatic carbocycles. The van der Waals surface area contributed by atoms with Gasteiger partial charge in [-0.3, -0.25) is 4.31 Å². The molecule has 1 heterocycles. The van der Waals surface area contributed by atoms with E-state index in [2.05, 4.69) is 49.1 Å². The van der Waals surface area contributed by atoms with Crippen molar-refractivity contribution in [3.63, 3.8) is 0 Å². The fourth-order valence-electron chi connectivity index (χ4n) is 3.12. The first-order chi connectivity index (χ1) is 9.44. The molecular weight excluding hydrogens is 266 g/mol. The maximum atomic E-state index is 10.3. The van der Waals surface area contributed by atoms with Crippen molar-refractivity contribution < 1.29 is 5.11 Å². The van der Waals surface area contributed by atoms with Crippen molar-refractivity contribution in [2.75, 3.05) is 19.8 Å². The SMILES string of the molecule is CC(C)C(O)CS1(N(C)C)C=CC(C2CCCCC2)=C1. The Kier molecular flexibility index (Phi) is 5.38. The van der Waals surface area contributed by atoms with Gasteiger partial charge in [0.15, 0.2) is 0 Å². The highest BCUT2D eigenvalue weighted by atomic mass is 32.3. The molecule has 0 spiro atoms. The number of rotatable bonds is 5. The standard InChI is InChI=1S/C17H31NOS/c1-14(2)17(19)13-20(18(3)4)11-10-16(12-20)15-8-6-5-7-9-15/h10-12,14-15,17,19H,5-9,13H2,1-4H3. The average Bonchev–Trinajstić information content (AvgIpc) is 2.85. The molecule has 0 aromatic rings. The third-order valence-corrected chi connectivity index (χ3v) is 8.32. The van der Waals surface area contributed by atoms with Gasteiger partial charge in [0, 0.05) is 5.75 Å². The van der Waals surface area contributed by atoms with Gasteiger partial charge in [-0.25, -0.2) is 0 Å². The van der Waals surface area contributed by atoms with Crippen LogP contribution in [-0.2, 0) is 0 Å². The Bertz CT molecular complexity index is 382. The van der Waals surface area contributed by atoms with Crippen LogP contribution in [0.15, 0.2) is 22.5 Å². The monoisotopic (exact) mass is 297 g/mol. The Morgan fingerprint density at radius 1 is 1.25 bits per heavy atom. The summed E-state index contributed by atoms with van der Waals surface area (Å²) in [5.74, 6) is 1.98. The Morgan fingerprint density at radius 2 is 1.90 bits per heavy atom. The average molecular weight is 298 g/mol. The first-order valence-electron chi connectivity index (χ1n) is 8.01. The second-order valence-electron chi connectivity index (χ2n) is 6.86. The largest absolute Gasteiger partial charge is 0.392 e. The summed E-state index contributed by atoms with van der Waals surface area (Å²) in [6, 6.07) is 0. The van der Waals surface area contributed by atoms with Gasteiger partial charge < -0.3 is 5.11 Å². The van der Waals surface area contributed by atoms with E-state index in [1.165, 1.54) is 32.1 Å². The zero-order valence-corrected chi connectivity index (χ0v) is 14.3. The highest BCUT2D eigenvalue weighted by Crippen LogP contribution is 2.59. The number of aliphatic hydroxyl groups excluding tert-OH is 1. The Hall–Kier alpha value is -0.250. The van der Waals surface area contributed by atoms with E-state index in [4.69, 9.17) is 0 Å². The van der Waals surface area contributed by atoms with Crippen molar-refractivity contribution in [1.82, 2.24) is 4.31 Å². The lowest BCUT2D eigenvalue weighted by molar-refractivity contribution is 0.148. The zero-order chi connectivity index (χ0) is 14.8. The molecule has 2 nitrogen and oxygen atoms in total. The molecule has 2 aliphatic rings. The summed E-state index contributed by atoms with van der Waals surface area (Å²) >= 11 is 0. The molecule has 1 aliphatic carbocycles. The van der Waals surface area contributed by atoms with Gasteiger partial charge in [0.2, 0.25) is 0 Å². The Balaban J connectivity index is 2.14. The van der Waals surface area contributed by atoms with Crippen LogP contribution in [-0.4, -0.2) is 35.4 Å². The van der Waals surface area contributed by atoms with Gasteiger partial charge in [-0.1, -0.05) is 39.2 Å². The van der Waals surface area contributed by atoms with Crippen molar-refractivity contribution >= 4 is 10.2 Å². The van der Waals surface area contributed by atoms with Gasteiger partial charge >= 0.3 is 0 Å². The van der Waals surface area contributed by atoms with E-state index in [1.807, 2.05) is 0 Å². The summed E-state index contributed by atoms with van der Waals surface area (Å²) in [7, 11) is 3.24. The molecule has 2 unspecified atom stereocenters. The van der Waals surface area contributed by atoms with E-state index in [-0.39, 0.29) is 6.10 Å². The molecule has 0 bridgehead atoms. The summed E-state index contributed by atoms with van der Waals surface area (Å²) in [5.41, 5.74) is 1.55. The number of hydrogen-bond donors (Lipinski definition) is 1. The maximum absolute atomic E-state index is 10.3. The van der Waals surface area contributed by atoms with E-state index in [9.17, 15) is 5.11 Å². The summed E-state index contributed by atoms with van der Waals surface area (Å²) in [5, 5.41) is 15.2. The molecule has 0 saturated heterocycles. The minimum absolute atomic E-state index is 0.209. The van der Waals surface area contributed by atoms with Crippen LogP contribution in [0.4, 0.5) is 0 Å². The molecule has 1 aliphatic heterocycles. The normalized spacial score (nSPS) is 32.5. The van der Waals surface area contributed by atoms with Gasteiger partial charge in [0.25, 0.3) is 0 Å². The van der Waals surface area contributed by atoms with E-state index in [1.54, 1.807) is 5.57 Å². The van der Waals surface area contributed by atoms with Crippen LogP contribution in [0, 0.1) is 11.8 Å². The minimum Gasteiger partial charge on any atom is -0.392 e. The fraction of sp³-hybridized carbons (Fsp3) is 0.765. The molecular formula is C17H31NOS. The molecule has 0 amide bonds. The molecule has 0 aromatic heterocycles. The van der Waals surface area contributed by atoms with Crippen LogP contribution in [0.5, 0.6) is 0 Å². The quantitative estimate of drug-likeness (QED) is 0.819. The van der Waals surface area contributed by atoms with Gasteiger partial charge in [0.1, 0.15) is 0 Å². The highest BCUT2D eigenvalue weighted by molar-refractivity contribution is 8.36. The lowest BCUT2D eigenvalue weighted by Gasteiger charge is -2.41. The zero-order valence-electron chi connectivity index (χ0n) is 13.5. The van der Waals surface area contributed by atoms with Gasteiger partial charge in [-0.05, 0) is 55.2 Å². The third-order valence-electron chi connectivity index (χ3n) is 4.80. The van der Waals surface area contributed by atoms with Crippen LogP contribution in [0.2, 0.25) is 0 Å². The summed E-state index contributed by atoms with van der Waals surface area (Å²) < 4.78 is 2.34. The van der Waals surface area contributed by atoms with E-state index in [0.29, 0.717) is 5.92 Å². The third kappa shape index (κ3) is 3.49. The minimum atomic E-state index is -1.08. The van der Waals surface area contributed by atoms with Crippen molar-refractivity contribution in [3.05, 3.63) is 22.5 Å². The van der Waals surface area contributed by atoms with Gasteiger partial charge in [-0.2, -0.15) is 0 Å². The molecule has 2 atom stereocenters. The molecule has 20 heavy (non-hydrogen) atoms. The lowest BCUT2D eigenvalue weighted by Crippen LogP contribution is -2.28. The van der Waals surface area contributed by atoms with Crippen LogP contribution >= 0.6 is 10.2 Å². The number of aliphatic hydroxyl groups is 1. The van der Waals surface area contributed by atoms with Gasteiger partial charge in [-0.15, -0.1) is 10.2 Å². The van der Waals surface area contributed by atoms with E-state index in [0.717, 1.165) is 11.7 Å². The van der Waals surface area contributed by atoms with Crippen molar-refractivity contribution in [2.24, 2.45) is 11.8 Å². The molecule has 3 heteroatoms. The lowest BCUT2D eigenvalue weighted by atomic mass is 9.84. The molecule has 116 valence electrons. The van der Waals surface area contributed by atoms with Crippen LogP contribution < -0.4 is 0 Å². The first kappa shape index (κ1) is 16.1. The summed E-state index contributed by atoms with van der Waals surface area (Å²) in [6.07, 6.45) is 9.03. The molecule has 1 N–H and O–H groups in total. The van der Waals surface area contributed by atoms with Gasteiger partial charge in [0.05, 0.1) is 6.10 Å². The molecule has 1 saturated carbocycles. The second kappa shape index (κ2) is 6.67. The molecule has 0 radical (unpaired) electrons. The molecule has 1 fully saturated rings. The van der Waals surface area contributed by atoms with Crippen molar-refractivity contribution in [3.8, 4) is 0 Å². The van der Waals surface area contributed by atoms with Crippen LogP contribution in [0.3, 0.4) is 0 Å². The summed E-state index contributed by atoms with van der Waals surface area (Å²) in [6.45, 7) is 4.22. The predicted molar refractivity (Wildman–Crippen MR) is 90.8 cm³/mol. The predicted octanol–water partition coefficient (Wildman–Crippen LogP) is 4.28.